The van der Waals surface area contributed by atoms with Gasteiger partial charge in [-0.1, -0.05) is 0 Å². The lowest BCUT2D eigenvalue weighted by molar-refractivity contribution is 0.393. The highest BCUT2D eigenvalue weighted by Crippen LogP contribution is 2.35. The second kappa shape index (κ2) is 5.75. The molecule has 104 valence electrons. The molecule has 1 unspecified atom stereocenters. The molecule has 1 atom stereocenters. The Kier molecular flexibility index (Phi) is 3.82. The Bertz CT molecular complexity index is 593. The predicted molar refractivity (Wildman–Crippen MR) is 79.8 cm³/mol. The van der Waals surface area contributed by atoms with Crippen LogP contribution in [0.5, 0.6) is 5.88 Å². The van der Waals surface area contributed by atoms with Crippen LogP contribution in [0.4, 0.5) is 5.95 Å². The quantitative estimate of drug-likeness (QED) is 0.863. The second-order valence-electron chi connectivity index (χ2n) is 4.66. The van der Waals surface area contributed by atoms with Crippen molar-refractivity contribution < 1.29 is 4.74 Å². The Balaban J connectivity index is 1.93. The van der Waals surface area contributed by atoms with E-state index in [1.165, 1.54) is 5.56 Å². The SMILES string of the molecule is COc1nc(N2CCCC2c2ccncc2)ncc1Br. The number of aromatic nitrogens is 3. The van der Waals surface area contributed by atoms with Crippen molar-refractivity contribution in [3.8, 4) is 5.88 Å². The summed E-state index contributed by atoms with van der Waals surface area (Å²) in [5, 5.41) is 0. The van der Waals surface area contributed by atoms with E-state index < -0.39 is 0 Å². The third kappa shape index (κ3) is 2.47. The fourth-order valence-corrected chi connectivity index (χ4v) is 2.92. The van der Waals surface area contributed by atoms with Crippen molar-refractivity contribution >= 4 is 21.9 Å². The minimum absolute atomic E-state index is 0.309. The van der Waals surface area contributed by atoms with Gasteiger partial charge in [-0.2, -0.15) is 4.98 Å². The van der Waals surface area contributed by atoms with Gasteiger partial charge in [-0.15, -0.1) is 0 Å². The van der Waals surface area contributed by atoms with Crippen LogP contribution in [-0.4, -0.2) is 28.6 Å². The van der Waals surface area contributed by atoms with E-state index >= 15 is 0 Å². The molecule has 0 radical (unpaired) electrons. The van der Waals surface area contributed by atoms with Crippen LogP contribution in [0.3, 0.4) is 0 Å². The maximum atomic E-state index is 5.25. The molecule has 0 amide bonds. The standard InChI is InChI=1S/C14H15BrN4O/c1-20-13-11(15)9-17-14(18-13)19-8-2-3-12(19)10-4-6-16-7-5-10/h4-7,9,12H,2-3,8H2,1H3. The fraction of sp³-hybridized carbons (Fsp3) is 0.357. The van der Waals surface area contributed by atoms with E-state index in [1.807, 2.05) is 12.4 Å². The highest BCUT2D eigenvalue weighted by atomic mass is 79.9. The lowest BCUT2D eigenvalue weighted by Gasteiger charge is -2.25. The first-order valence-corrected chi connectivity index (χ1v) is 7.32. The number of halogens is 1. The van der Waals surface area contributed by atoms with Crippen molar-refractivity contribution in [2.24, 2.45) is 0 Å². The number of anilines is 1. The summed E-state index contributed by atoms with van der Waals surface area (Å²) in [4.78, 5) is 15.2. The number of hydrogen-bond donors (Lipinski definition) is 0. The van der Waals surface area contributed by atoms with Gasteiger partial charge >= 0.3 is 0 Å². The second-order valence-corrected chi connectivity index (χ2v) is 5.51. The van der Waals surface area contributed by atoms with E-state index in [1.54, 1.807) is 13.3 Å². The maximum absolute atomic E-state index is 5.25. The molecular formula is C14H15BrN4O. The van der Waals surface area contributed by atoms with Gasteiger partial charge in [-0.3, -0.25) is 4.98 Å². The highest BCUT2D eigenvalue weighted by molar-refractivity contribution is 9.10. The summed E-state index contributed by atoms with van der Waals surface area (Å²) >= 11 is 3.38. The zero-order chi connectivity index (χ0) is 13.9. The molecule has 1 saturated heterocycles. The number of rotatable bonds is 3. The highest BCUT2D eigenvalue weighted by Gasteiger charge is 2.28. The van der Waals surface area contributed by atoms with Crippen LogP contribution in [-0.2, 0) is 0 Å². The number of pyridine rings is 1. The Morgan fingerprint density at radius 2 is 2.15 bits per heavy atom. The van der Waals surface area contributed by atoms with Crippen molar-refractivity contribution in [2.75, 3.05) is 18.6 Å². The summed E-state index contributed by atoms with van der Waals surface area (Å²) in [5.74, 6) is 1.28. The van der Waals surface area contributed by atoms with E-state index in [9.17, 15) is 0 Å². The molecule has 0 saturated carbocycles. The topological polar surface area (TPSA) is 51.1 Å². The van der Waals surface area contributed by atoms with Gasteiger partial charge in [-0.25, -0.2) is 4.98 Å². The number of nitrogens with zero attached hydrogens (tertiary/aromatic N) is 4. The lowest BCUT2D eigenvalue weighted by atomic mass is 10.1. The van der Waals surface area contributed by atoms with Crippen molar-refractivity contribution in [3.05, 3.63) is 40.8 Å². The fourth-order valence-electron chi connectivity index (χ4n) is 2.56. The zero-order valence-electron chi connectivity index (χ0n) is 11.2. The molecular weight excluding hydrogens is 320 g/mol. The van der Waals surface area contributed by atoms with Gasteiger partial charge in [0, 0.05) is 18.9 Å². The average Bonchev–Trinajstić information content (AvgIpc) is 2.98. The molecule has 20 heavy (non-hydrogen) atoms. The summed E-state index contributed by atoms with van der Waals surface area (Å²) in [6.07, 6.45) is 7.63. The first kappa shape index (κ1) is 13.3. The molecule has 0 aliphatic carbocycles. The van der Waals surface area contributed by atoms with Crippen molar-refractivity contribution in [1.82, 2.24) is 15.0 Å². The molecule has 2 aromatic rings. The summed E-state index contributed by atoms with van der Waals surface area (Å²) in [6.45, 7) is 0.956. The number of ether oxygens (including phenoxy) is 1. The minimum atomic E-state index is 0.309. The van der Waals surface area contributed by atoms with Gasteiger partial charge in [0.1, 0.15) is 0 Å². The molecule has 1 fully saturated rings. The molecule has 3 rings (SSSR count). The van der Waals surface area contributed by atoms with Crippen LogP contribution >= 0.6 is 15.9 Å². The summed E-state index contributed by atoms with van der Waals surface area (Å²) in [7, 11) is 1.61. The van der Waals surface area contributed by atoms with Gasteiger partial charge in [0.25, 0.3) is 0 Å². The first-order chi connectivity index (χ1) is 9.79. The predicted octanol–water partition coefficient (Wildman–Crippen LogP) is 2.98. The molecule has 2 aromatic heterocycles. The van der Waals surface area contributed by atoms with Crippen LogP contribution in [0.25, 0.3) is 0 Å². The van der Waals surface area contributed by atoms with Gasteiger partial charge in [0.2, 0.25) is 11.8 Å². The van der Waals surface area contributed by atoms with Crippen LogP contribution in [0, 0.1) is 0 Å². The molecule has 6 heteroatoms. The molecule has 0 N–H and O–H groups in total. The summed E-state index contributed by atoms with van der Waals surface area (Å²) in [6, 6.07) is 4.42. The smallest absolute Gasteiger partial charge is 0.232 e. The first-order valence-electron chi connectivity index (χ1n) is 6.52. The van der Waals surface area contributed by atoms with Crippen molar-refractivity contribution in [1.29, 1.82) is 0 Å². The van der Waals surface area contributed by atoms with E-state index in [-0.39, 0.29) is 0 Å². The average molecular weight is 335 g/mol. The third-order valence-electron chi connectivity index (χ3n) is 3.49. The van der Waals surface area contributed by atoms with E-state index in [0.29, 0.717) is 17.9 Å². The van der Waals surface area contributed by atoms with Gasteiger partial charge in [-0.05, 0) is 46.5 Å². The largest absolute Gasteiger partial charge is 0.480 e. The van der Waals surface area contributed by atoms with Crippen LogP contribution < -0.4 is 9.64 Å². The molecule has 0 aromatic carbocycles. The molecule has 1 aliphatic rings. The summed E-state index contributed by atoms with van der Waals surface area (Å²) < 4.78 is 6.02. The minimum Gasteiger partial charge on any atom is -0.480 e. The van der Waals surface area contributed by atoms with Gasteiger partial charge in [0.15, 0.2) is 0 Å². The number of hydrogen-bond acceptors (Lipinski definition) is 5. The number of methoxy groups -OCH3 is 1. The Hall–Kier alpha value is -1.69. The molecule has 3 heterocycles. The maximum Gasteiger partial charge on any atom is 0.232 e. The van der Waals surface area contributed by atoms with Crippen LogP contribution in [0.2, 0.25) is 0 Å². The lowest BCUT2D eigenvalue weighted by Crippen LogP contribution is -2.24. The van der Waals surface area contributed by atoms with E-state index in [4.69, 9.17) is 4.74 Å². The molecule has 0 spiro atoms. The van der Waals surface area contributed by atoms with E-state index in [0.717, 1.165) is 23.9 Å². The zero-order valence-corrected chi connectivity index (χ0v) is 12.7. The third-order valence-corrected chi connectivity index (χ3v) is 4.04. The van der Waals surface area contributed by atoms with Gasteiger partial charge < -0.3 is 9.64 Å². The normalized spacial score (nSPS) is 18.3. The Morgan fingerprint density at radius 1 is 1.35 bits per heavy atom. The van der Waals surface area contributed by atoms with Crippen LogP contribution in [0.15, 0.2) is 35.2 Å². The Labute approximate surface area is 126 Å². The van der Waals surface area contributed by atoms with Crippen molar-refractivity contribution in [3.63, 3.8) is 0 Å². The molecule has 1 aliphatic heterocycles. The van der Waals surface area contributed by atoms with Gasteiger partial charge in [0.05, 0.1) is 23.8 Å². The monoisotopic (exact) mass is 334 g/mol. The molecule has 0 bridgehead atoms. The summed E-state index contributed by atoms with van der Waals surface area (Å²) in [5.41, 5.74) is 1.25. The van der Waals surface area contributed by atoms with E-state index in [2.05, 4.69) is 47.9 Å². The Morgan fingerprint density at radius 3 is 2.90 bits per heavy atom. The van der Waals surface area contributed by atoms with Crippen LogP contribution in [0.1, 0.15) is 24.4 Å². The van der Waals surface area contributed by atoms with Crippen molar-refractivity contribution in [2.45, 2.75) is 18.9 Å². The molecule has 5 nitrogen and oxygen atoms in total.